The van der Waals surface area contributed by atoms with Gasteiger partial charge in [-0.05, 0) is 12.1 Å². The summed E-state index contributed by atoms with van der Waals surface area (Å²) in [5.74, 6) is -0.465. The first-order valence-corrected chi connectivity index (χ1v) is 10.7. The average molecular weight is 458 g/mol. The molecule has 1 amide bonds. The Bertz CT molecular complexity index is 1230. The van der Waals surface area contributed by atoms with Crippen LogP contribution in [0.1, 0.15) is 27.7 Å². The first-order valence-electron chi connectivity index (χ1n) is 9.87. The number of hydrogen-bond acceptors (Lipinski definition) is 9. The van der Waals surface area contributed by atoms with Gasteiger partial charge in [0.15, 0.2) is 0 Å². The fourth-order valence-electron chi connectivity index (χ4n) is 4.25. The second-order valence-corrected chi connectivity index (χ2v) is 8.47. The molecule has 1 aromatic carbocycles. The highest BCUT2D eigenvalue weighted by Gasteiger charge is 2.42. The van der Waals surface area contributed by atoms with Gasteiger partial charge in [-0.25, -0.2) is 19.2 Å². The van der Waals surface area contributed by atoms with E-state index in [2.05, 4.69) is 15.3 Å². The van der Waals surface area contributed by atoms with Crippen molar-refractivity contribution in [3.05, 3.63) is 40.8 Å². The maximum absolute atomic E-state index is 14.0. The second kappa shape index (κ2) is 7.99. The van der Waals surface area contributed by atoms with E-state index in [9.17, 15) is 14.0 Å². The van der Waals surface area contributed by atoms with Crippen LogP contribution in [-0.4, -0.2) is 60.2 Å². The van der Waals surface area contributed by atoms with Gasteiger partial charge in [-0.3, -0.25) is 4.79 Å². The van der Waals surface area contributed by atoms with Crippen LogP contribution in [0.2, 0.25) is 0 Å². The summed E-state index contributed by atoms with van der Waals surface area (Å²) < 4.78 is 30.2. The summed E-state index contributed by atoms with van der Waals surface area (Å²) in [7, 11) is 2.75. The molecule has 0 radical (unpaired) electrons. The van der Waals surface area contributed by atoms with Crippen molar-refractivity contribution in [3.8, 4) is 5.75 Å². The van der Waals surface area contributed by atoms with Crippen molar-refractivity contribution in [2.75, 3.05) is 32.7 Å². The molecule has 9 nitrogen and oxygen atoms in total. The van der Waals surface area contributed by atoms with Crippen LogP contribution in [-0.2, 0) is 14.3 Å². The number of aromatic nitrogens is 2. The molecule has 2 aromatic heterocycles. The zero-order chi connectivity index (χ0) is 22.4. The zero-order valence-corrected chi connectivity index (χ0v) is 18.1. The number of hydrogen-bond donors (Lipinski definition) is 1. The van der Waals surface area contributed by atoms with E-state index in [-0.39, 0.29) is 19.1 Å². The minimum absolute atomic E-state index is 0.119. The number of carbonyl (C=O) groups is 2. The minimum atomic E-state index is -0.517. The predicted octanol–water partition coefficient (Wildman–Crippen LogP) is 3.04. The van der Waals surface area contributed by atoms with E-state index in [4.69, 9.17) is 14.2 Å². The van der Waals surface area contributed by atoms with E-state index in [1.54, 1.807) is 11.0 Å². The van der Waals surface area contributed by atoms with Gasteiger partial charge in [-0.15, -0.1) is 11.3 Å². The highest BCUT2D eigenvalue weighted by Crippen LogP contribution is 2.47. The van der Waals surface area contributed by atoms with Crippen molar-refractivity contribution < 1.29 is 28.2 Å². The number of esters is 1. The first kappa shape index (κ1) is 20.6. The molecule has 1 saturated heterocycles. The Balaban J connectivity index is 1.78. The van der Waals surface area contributed by atoms with E-state index in [0.717, 1.165) is 0 Å². The summed E-state index contributed by atoms with van der Waals surface area (Å²) in [5.41, 5.74) is 1.13. The molecule has 32 heavy (non-hydrogen) atoms. The molecule has 1 fully saturated rings. The summed E-state index contributed by atoms with van der Waals surface area (Å²) >= 11 is 1.18. The average Bonchev–Trinajstić information content (AvgIpc) is 3.36. The predicted molar refractivity (Wildman–Crippen MR) is 114 cm³/mol. The smallest absolute Gasteiger partial charge is 0.348 e. The highest BCUT2D eigenvalue weighted by atomic mass is 32.1. The number of carbonyl (C=O) groups excluding carboxylic acids is 2. The molecule has 0 aliphatic carbocycles. The normalized spacial score (nSPS) is 19.2. The van der Waals surface area contributed by atoms with Gasteiger partial charge in [0.25, 0.3) is 0 Å². The number of likely N-dealkylation sites (tertiary alicyclic amines) is 1. The van der Waals surface area contributed by atoms with Gasteiger partial charge in [-0.2, -0.15) is 0 Å². The molecule has 2 aliphatic rings. The maximum Gasteiger partial charge on any atom is 0.348 e. The van der Waals surface area contributed by atoms with Crippen molar-refractivity contribution in [1.29, 1.82) is 0 Å². The largest absolute Gasteiger partial charge is 0.486 e. The molecule has 4 heterocycles. The molecule has 3 aromatic rings. The van der Waals surface area contributed by atoms with Crippen LogP contribution in [0.5, 0.6) is 5.75 Å². The van der Waals surface area contributed by atoms with Crippen molar-refractivity contribution in [2.45, 2.75) is 18.6 Å². The Morgan fingerprint density at radius 1 is 1.34 bits per heavy atom. The third kappa shape index (κ3) is 3.33. The lowest BCUT2D eigenvalue weighted by Gasteiger charge is -2.25. The van der Waals surface area contributed by atoms with Crippen LogP contribution in [0.3, 0.4) is 0 Å². The Hall–Kier alpha value is -3.31. The van der Waals surface area contributed by atoms with E-state index in [0.29, 0.717) is 44.3 Å². The summed E-state index contributed by atoms with van der Waals surface area (Å²) in [6, 6.07) is 3.69. The zero-order valence-electron chi connectivity index (χ0n) is 17.3. The van der Waals surface area contributed by atoms with Crippen molar-refractivity contribution in [2.24, 2.45) is 0 Å². The van der Waals surface area contributed by atoms with Gasteiger partial charge in [-0.1, -0.05) is 0 Å². The monoisotopic (exact) mass is 458 g/mol. The Morgan fingerprint density at radius 3 is 2.97 bits per heavy atom. The fourth-order valence-corrected chi connectivity index (χ4v) is 5.37. The number of nitrogens with zero attached hydrogens (tertiary/aromatic N) is 3. The number of rotatable bonds is 3. The number of methoxy groups -OCH3 is 2. The first-order chi connectivity index (χ1) is 15.5. The van der Waals surface area contributed by atoms with Gasteiger partial charge in [0.05, 0.1) is 30.8 Å². The van der Waals surface area contributed by atoms with Gasteiger partial charge in [0.2, 0.25) is 5.91 Å². The molecule has 2 aliphatic heterocycles. The SMILES string of the molecule is COCC(=O)N1CC2CC1c1c(C(=O)OC)sc3ncnc(c13)Nc1ccc(F)cc1O2. The fraction of sp³-hybridized carbons (Fsp3) is 0.333. The van der Waals surface area contributed by atoms with Gasteiger partial charge >= 0.3 is 5.97 Å². The van der Waals surface area contributed by atoms with Crippen LogP contribution in [0, 0.1) is 5.82 Å². The van der Waals surface area contributed by atoms with E-state index < -0.39 is 23.9 Å². The lowest BCUT2D eigenvalue weighted by molar-refractivity contribution is -0.136. The number of thiophene rings is 1. The van der Waals surface area contributed by atoms with Gasteiger partial charge in [0.1, 0.15) is 46.1 Å². The molecule has 2 bridgehead atoms. The molecule has 11 heteroatoms. The van der Waals surface area contributed by atoms with E-state index >= 15 is 0 Å². The summed E-state index contributed by atoms with van der Waals surface area (Å²) in [6.07, 6.45) is 1.36. The summed E-state index contributed by atoms with van der Waals surface area (Å²) in [4.78, 5) is 36.9. The van der Waals surface area contributed by atoms with Crippen LogP contribution >= 0.6 is 11.3 Å². The number of fused-ring (bicyclic) bond motifs is 4. The van der Waals surface area contributed by atoms with Crippen LogP contribution in [0.25, 0.3) is 10.2 Å². The standard InChI is InChI=1S/C21H19FN4O5S/c1-29-8-15(27)26-7-11-6-13(26)16-17-19(25-12-4-3-10(22)5-14(12)31-11)23-9-24-20(17)32-18(16)21(28)30-2/h3-5,9,11,13H,6-8H2,1-2H3,(H,23,24,25). The Labute approximate surface area is 186 Å². The molecule has 0 spiro atoms. The van der Waals surface area contributed by atoms with Crippen LogP contribution < -0.4 is 10.1 Å². The molecule has 5 rings (SSSR count). The third-order valence-corrected chi connectivity index (χ3v) is 6.66. The molecule has 1 N–H and O–H groups in total. The molecular weight excluding hydrogens is 439 g/mol. The van der Waals surface area contributed by atoms with E-state index in [1.165, 1.54) is 44.0 Å². The lowest BCUT2D eigenvalue weighted by atomic mass is 10.00. The number of benzene rings is 1. The molecule has 2 atom stereocenters. The number of nitrogens with one attached hydrogen (secondary N) is 1. The summed E-state index contributed by atoms with van der Waals surface area (Å²) in [6.45, 7) is 0.134. The quantitative estimate of drug-likeness (QED) is 0.598. The van der Waals surface area contributed by atoms with Crippen molar-refractivity contribution >= 4 is 44.9 Å². The van der Waals surface area contributed by atoms with E-state index in [1.807, 2.05) is 0 Å². The maximum atomic E-state index is 14.0. The second-order valence-electron chi connectivity index (χ2n) is 7.47. The topological polar surface area (TPSA) is 103 Å². The highest BCUT2D eigenvalue weighted by molar-refractivity contribution is 7.20. The Kier molecular flexibility index (Phi) is 5.14. The van der Waals surface area contributed by atoms with Crippen molar-refractivity contribution in [1.82, 2.24) is 14.9 Å². The third-order valence-electron chi connectivity index (χ3n) is 5.57. The minimum Gasteiger partial charge on any atom is -0.486 e. The number of anilines is 2. The number of halogens is 1. The summed E-state index contributed by atoms with van der Waals surface area (Å²) in [5, 5.41) is 3.82. The molecule has 0 saturated carbocycles. The van der Waals surface area contributed by atoms with Crippen molar-refractivity contribution in [3.63, 3.8) is 0 Å². The molecular formula is C21H19FN4O5S. The van der Waals surface area contributed by atoms with Gasteiger partial charge in [0, 0.05) is 25.2 Å². The number of ether oxygens (including phenoxy) is 3. The molecule has 2 unspecified atom stereocenters. The Morgan fingerprint density at radius 2 is 2.19 bits per heavy atom. The van der Waals surface area contributed by atoms with Gasteiger partial charge < -0.3 is 24.4 Å². The van der Waals surface area contributed by atoms with Crippen LogP contribution in [0.4, 0.5) is 15.9 Å². The number of amides is 1. The molecule has 166 valence electrons. The lowest BCUT2D eigenvalue weighted by Crippen LogP contribution is -2.35. The van der Waals surface area contributed by atoms with Crippen LogP contribution in [0.15, 0.2) is 24.5 Å².